The van der Waals surface area contributed by atoms with E-state index in [9.17, 15) is 0 Å². The molecule has 0 bridgehead atoms. The zero-order valence-corrected chi connectivity index (χ0v) is 38.7. The van der Waals surface area contributed by atoms with E-state index in [-0.39, 0.29) is 0 Å². The van der Waals surface area contributed by atoms with E-state index in [0.29, 0.717) is 0 Å². The van der Waals surface area contributed by atoms with Crippen LogP contribution in [0.2, 0.25) is 13.1 Å². The summed E-state index contributed by atoms with van der Waals surface area (Å²) in [4.78, 5) is 0. The average molecular weight is 891 g/mol. The standard InChI is InChI=1S/2C26H23.C2H6Si.2ClH.Zr/c2*1-3-10-21(11-4-1)23-14-15-24(22-12-5-2-6-13-22)26-18-20(17-25(23)26)16-19-8-7-9-19;1-3-2;;;/h2*1-6,10-15,17-19H,7-9,16H2;1-2H3;2*1H;/q2*-1;;;;+4/p-2. The second kappa shape index (κ2) is 21.5. The number of benzene rings is 6. The minimum absolute atomic E-state index is 0.826. The maximum atomic E-state index is 4.93. The Hall–Kier alpha value is -3.78. The van der Waals surface area contributed by atoms with Gasteiger partial charge in [-0.25, -0.2) is 0 Å². The van der Waals surface area contributed by atoms with Crippen LogP contribution in [0.4, 0.5) is 0 Å². The van der Waals surface area contributed by atoms with Crippen molar-refractivity contribution in [3.8, 4) is 44.5 Å². The number of fused-ring (bicyclic) bond motifs is 2. The van der Waals surface area contributed by atoms with Crippen LogP contribution in [0.3, 0.4) is 0 Å². The van der Waals surface area contributed by atoms with E-state index in [1.807, 2.05) is 0 Å². The van der Waals surface area contributed by atoms with Crippen LogP contribution in [0, 0.1) is 11.8 Å². The Kier molecular flexibility index (Phi) is 15.7. The van der Waals surface area contributed by atoms with E-state index in [1.54, 1.807) is 0 Å². The molecule has 2 fully saturated rings. The molecule has 0 aliphatic heterocycles. The molecule has 290 valence electrons. The van der Waals surface area contributed by atoms with E-state index in [0.717, 1.165) is 21.4 Å². The van der Waals surface area contributed by atoms with Gasteiger partial charge in [-0.2, -0.15) is 12.1 Å². The molecule has 0 atom stereocenters. The number of hydrogen-bond donors (Lipinski definition) is 0. The van der Waals surface area contributed by atoms with Gasteiger partial charge >= 0.3 is 37.9 Å². The molecule has 0 amide bonds. The van der Waals surface area contributed by atoms with E-state index in [1.165, 1.54) is 129 Å². The number of hydrogen-bond acceptors (Lipinski definition) is 0. The Morgan fingerprint density at radius 2 is 0.741 bits per heavy atom. The minimum atomic E-state index is -0.826. The Morgan fingerprint density at radius 3 is 1.02 bits per heavy atom. The molecular weight excluding hydrogens is 839 g/mol. The fourth-order valence-corrected chi connectivity index (χ4v) is 8.49. The molecule has 10 rings (SSSR count). The summed E-state index contributed by atoms with van der Waals surface area (Å²) in [6.07, 6.45) is 10.9. The third-order valence-corrected chi connectivity index (χ3v) is 11.7. The Labute approximate surface area is 367 Å². The third-order valence-electron chi connectivity index (χ3n) is 11.7. The van der Waals surface area contributed by atoms with Gasteiger partial charge in [0.2, 0.25) is 0 Å². The summed E-state index contributed by atoms with van der Waals surface area (Å²) >= 11 is -0.826. The predicted octanol–water partition coefficient (Wildman–Crippen LogP) is 16.6. The van der Waals surface area contributed by atoms with Crippen molar-refractivity contribution in [1.82, 2.24) is 0 Å². The van der Waals surface area contributed by atoms with Gasteiger partial charge in [0, 0.05) is 9.52 Å². The van der Waals surface area contributed by atoms with Crippen molar-refractivity contribution in [3.05, 3.63) is 181 Å². The predicted molar refractivity (Wildman–Crippen MR) is 252 cm³/mol. The molecule has 0 N–H and O–H groups in total. The summed E-state index contributed by atoms with van der Waals surface area (Å²) in [6.45, 7) is 4.31. The fraction of sp³-hybridized carbons (Fsp3) is 0.222. The van der Waals surface area contributed by atoms with Gasteiger partial charge in [-0.1, -0.05) is 231 Å². The Balaban J connectivity index is 0.000000156. The van der Waals surface area contributed by atoms with Crippen LogP contribution in [0.5, 0.6) is 0 Å². The van der Waals surface area contributed by atoms with Gasteiger partial charge in [0.25, 0.3) is 0 Å². The Morgan fingerprint density at radius 1 is 0.466 bits per heavy atom. The smallest absolute Gasteiger partial charge is 0.0279 e. The van der Waals surface area contributed by atoms with Gasteiger partial charge < -0.3 is 0 Å². The van der Waals surface area contributed by atoms with Crippen molar-refractivity contribution >= 4 is 48.1 Å². The first-order valence-electron chi connectivity index (χ1n) is 20.8. The zero-order chi connectivity index (χ0) is 40.1. The van der Waals surface area contributed by atoms with E-state index in [4.69, 9.17) is 17.0 Å². The topological polar surface area (TPSA) is 0 Å². The van der Waals surface area contributed by atoms with Crippen molar-refractivity contribution in [2.45, 2.75) is 64.5 Å². The van der Waals surface area contributed by atoms with Crippen molar-refractivity contribution in [2.75, 3.05) is 0 Å². The van der Waals surface area contributed by atoms with E-state index < -0.39 is 20.8 Å². The summed E-state index contributed by atoms with van der Waals surface area (Å²) in [5.74, 6) is 1.79. The molecule has 0 unspecified atom stereocenters. The van der Waals surface area contributed by atoms with Gasteiger partial charge in [0.05, 0.1) is 0 Å². The van der Waals surface area contributed by atoms with Gasteiger partial charge in [0.15, 0.2) is 0 Å². The summed E-state index contributed by atoms with van der Waals surface area (Å²) in [5, 5.41) is 5.58. The van der Waals surface area contributed by atoms with Crippen LogP contribution in [0.25, 0.3) is 66.1 Å². The minimum Gasteiger partial charge on any atom is -0.164 e. The molecule has 8 aromatic carbocycles. The fourth-order valence-electron chi connectivity index (χ4n) is 8.49. The molecule has 58 heavy (non-hydrogen) atoms. The third kappa shape index (κ3) is 10.5. The molecule has 8 aromatic rings. The average Bonchev–Trinajstić information content (AvgIpc) is 3.87. The van der Waals surface area contributed by atoms with Crippen LogP contribution < -0.4 is 0 Å². The van der Waals surface area contributed by atoms with Crippen molar-refractivity contribution in [3.63, 3.8) is 0 Å². The van der Waals surface area contributed by atoms with Crippen molar-refractivity contribution < 1.29 is 20.8 Å². The summed E-state index contributed by atoms with van der Waals surface area (Å²) in [6, 6.07) is 62.1. The number of halogens is 2. The van der Waals surface area contributed by atoms with Crippen molar-refractivity contribution in [1.29, 1.82) is 0 Å². The number of rotatable bonds is 8. The second-order valence-electron chi connectivity index (χ2n) is 15.7. The monoisotopic (exact) mass is 888 g/mol. The van der Waals surface area contributed by atoms with Crippen LogP contribution in [-0.4, -0.2) is 9.52 Å². The summed E-state index contributed by atoms with van der Waals surface area (Å²) < 4.78 is 0. The maximum Gasteiger partial charge on any atom is -0.0279 e. The van der Waals surface area contributed by atoms with E-state index in [2.05, 4.69) is 183 Å². The summed E-state index contributed by atoms with van der Waals surface area (Å²) in [7, 11) is 11.0. The molecule has 2 saturated carbocycles. The van der Waals surface area contributed by atoms with Crippen LogP contribution >= 0.6 is 17.0 Å². The molecule has 0 saturated heterocycles. The first-order chi connectivity index (χ1) is 28.6. The Bertz CT molecular complexity index is 2120. The summed E-state index contributed by atoms with van der Waals surface area (Å²) in [5.41, 5.74) is 13.6. The van der Waals surface area contributed by atoms with Gasteiger partial charge in [-0.05, 0) is 35.8 Å². The quantitative estimate of drug-likeness (QED) is 0.105. The van der Waals surface area contributed by atoms with Crippen LogP contribution in [0.1, 0.15) is 49.7 Å². The molecule has 0 aromatic heterocycles. The molecule has 0 spiro atoms. The van der Waals surface area contributed by atoms with E-state index >= 15 is 0 Å². The van der Waals surface area contributed by atoms with Gasteiger partial charge in [0.1, 0.15) is 0 Å². The molecule has 2 radical (unpaired) electrons. The molecule has 0 nitrogen and oxygen atoms in total. The largest absolute Gasteiger partial charge is 0.164 e. The normalized spacial score (nSPS) is 13.4. The van der Waals surface area contributed by atoms with Crippen LogP contribution in [-0.2, 0) is 33.7 Å². The maximum absolute atomic E-state index is 4.93. The molecule has 2 aliphatic carbocycles. The zero-order valence-electron chi connectivity index (χ0n) is 33.7. The van der Waals surface area contributed by atoms with Crippen LogP contribution in [0.15, 0.2) is 170 Å². The van der Waals surface area contributed by atoms with Gasteiger partial charge in [-0.3, -0.25) is 0 Å². The first kappa shape index (κ1) is 42.3. The second-order valence-corrected chi connectivity index (χ2v) is 20.5. The van der Waals surface area contributed by atoms with Gasteiger partial charge in [-0.15, -0.1) is 44.8 Å². The molecule has 4 heteroatoms. The van der Waals surface area contributed by atoms with Crippen molar-refractivity contribution in [2.24, 2.45) is 11.8 Å². The molecule has 2 aliphatic rings. The SMILES string of the molecule is C[Si]C.[Cl][Zr+2][Cl].c1ccc(-c2ccc(-c3ccccc3)c3[cH-]c(CC4CCC4)cc23)cc1.c1ccc(-c2ccc(-c3ccccc3)c3[cH-]c(CC4CCC4)cc23)cc1. The molecule has 0 heterocycles. The first-order valence-corrected chi connectivity index (χ1v) is 29.1. The molecular formula is C54H52Cl2SiZr.